The molecule has 0 unspecified atom stereocenters. The second kappa shape index (κ2) is 6.44. The molecule has 0 N–H and O–H groups in total. The Morgan fingerprint density at radius 2 is 1.17 bits per heavy atom. The molecule has 1 aliphatic rings. The first-order valence-electron chi connectivity index (χ1n) is 6.83. The summed E-state index contributed by atoms with van der Waals surface area (Å²) in [6.45, 7) is 0. The summed E-state index contributed by atoms with van der Waals surface area (Å²) in [4.78, 5) is 0.275. The first kappa shape index (κ1) is 18.3. The second-order valence-electron chi connectivity index (χ2n) is 5.36. The third-order valence-corrected chi connectivity index (χ3v) is 8.10. The number of rotatable bonds is 5. The van der Waals surface area contributed by atoms with Crippen LogP contribution in [0, 0.1) is 5.75 Å². The molecule has 3 rings (SSSR count). The van der Waals surface area contributed by atoms with Gasteiger partial charge in [-0.25, -0.2) is 8.42 Å². The molecule has 0 radical (unpaired) electrons. The summed E-state index contributed by atoms with van der Waals surface area (Å²) in [5, 5.41) is 0. The second-order valence-corrected chi connectivity index (χ2v) is 9.45. The van der Waals surface area contributed by atoms with Gasteiger partial charge < -0.3 is 0 Å². The molecule has 0 saturated heterocycles. The first-order chi connectivity index (χ1) is 10.4. The van der Waals surface area contributed by atoms with Crippen LogP contribution in [0.15, 0.2) is 70.5 Å². The fourth-order valence-electron chi connectivity index (χ4n) is 2.37. The van der Waals surface area contributed by atoms with Crippen molar-refractivity contribution in [1.82, 2.24) is 0 Å². The molecular formula is C16H15LiO4S2. The topological polar surface area (TPSA) is 68.3 Å². The van der Waals surface area contributed by atoms with E-state index in [4.69, 9.17) is 0 Å². The van der Waals surface area contributed by atoms with E-state index in [1.807, 2.05) is 0 Å². The van der Waals surface area contributed by atoms with Crippen LogP contribution in [-0.4, -0.2) is 21.6 Å². The summed E-state index contributed by atoms with van der Waals surface area (Å²) < 4.78 is 49.0. The van der Waals surface area contributed by atoms with Crippen molar-refractivity contribution in [3.8, 4) is 0 Å². The Hall–Kier alpha value is -1.06. The average Bonchev–Trinajstić information content (AvgIpc) is 3.30. The molecule has 0 spiro atoms. The van der Waals surface area contributed by atoms with Crippen LogP contribution < -0.4 is 18.9 Å². The molecule has 23 heavy (non-hydrogen) atoms. The third-order valence-electron chi connectivity index (χ3n) is 3.77. The van der Waals surface area contributed by atoms with Crippen molar-refractivity contribution in [2.45, 2.75) is 27.4 Å². The van der Waals surface area contributed by atoms with Crippen LogP contribution >= 0.6 is 0 Å². The minimum absolute atomic E-state index is 0. The van der Waals surface area contributed by atoms with Crippen molar-refractivity contribution < 1.29 is 35.7 Å². The molecule has 1 aliphatic carbocycles. The van der Waals surface area contributed by atoms with Gasteiger partial charge in [0, 0.05) is 4.90 Å². The van der Waals surface area contributed by atoms with E-state index < -0.39 is 24.4 Å². The van der Waals surface area contributed by atoms with Crippen molar-refractivity contribution in [2.24, 2.45) is 0 Å². The predicted octanol–water partition coefficient (Wildman–Crippen LogP) is -0.367. The maximum absolute atomic E-state index is 12.7. The molecule has 0 amide bonds. The van der Waals surface area contributed by atoms with E-state index in [1.54, 1.807) is 36.4 Å². The van der Waals surface area contributed by atoms with Crippen LogP contribution in [0.25, 0.3) is 0 Å². The van der Waals surface area contributed by atoms with E-state index in [0.29, 0.717) is 12.8 Å². The zero-order valence-electron chi connectivity index (χ0n) is 12.7. The van der Waals surface area contributed by atoms with Gasteiger partial charge in [-0.1, -0.05) is 49.2 Å². The molecule has 7 heteroatoms. The largest absolute Gasteiger partial charge is 1.00 e. The van der Waals surface area contributed by atoms with Crippen LogP contribution in [0.5, 0.6) is 0 Å². The molecule has 1 fully saturated rings. The smallest absolute Gasteiger partial charge is 0.257 e. The van der Waals surface area contributed by atoms with Crippen molar-refractivity contribution in [2.75, 3.05) is 0 Å². The number of benzene rings is 2. The van der Waals surface area contributed by atoms with E-state index in [1.165, 1.54) is 24.3 Å². The van der Waals surface area contributed by atoms with Crippen molar-refractivity contribution in [1.29, 1.82) is 0 Å². The predicted molar refractivity (Wildman–Crippen MR) is 83.5 cm³/mol. The molecule has 2 aromatic carbocycles. The number of hydrogen-bond donors (Lipinski definition) is 0. The maximum Gasteiger partial charge on any atom is 1.00 e. The standard InChI is InChI=1S/C16H15O4S2.Li/c17-21(18,14-7-3-1-4-8-14)13-16(11-12-16)22(19,20)15-9-5-2-6-10-15;/h1-10,13H,11-12H2;/q-1;+1. The Morgan fingerprint density at radius 1 is 0.739 bits per heavy atom. The molecule has 4 nitrogen and oxygen atoms in total. The van der Waals surface area contributed by atoms with Crippen LogP contribution in [0.2, 0.25) is 0 Å². The monoisotopic (exact) mass is 342 g/mol. The Balaban J connectivity index is 0.00000192. The zero-order valence-corrected chi connectivity index (χ0v) is 14.3. The first-order valence-corrected chi connectivity index (χ1v) is 9.86. The van der Waals surface area contributed by atoms with Crippen molar-refractivity contribution in [3.63, 3.8) is 0 Å². The SMILES string of the molecule is O=S(=O)([CH-]C1(S(=O)(=O)c2ccccc2)CC1)c1ccccc1.[Li+]. The number of sulfone groups is 2. The average molecular weight is 342 g/mol. The molecule has 0 bridgehead atoms. The summed E-state index contributed by atoms with van der Waals surface area (Å²) in [6, 6.07) is 15.9. The Labute approximate surface area is 148 Å². The normalized spacial score (nSPS) is 16.3. The molecule has 0 heterocycles. The summed E-state index contributed by atoms with van der Waals surface area (Å²) in [6.07, 6.45) is 0.659. The summed E-state index contributed by atoms with van der Waals surface area (Å²) in [7, 11) is -7.45. The summed E-state index contributed by atoms with van der Waals surface area (Å²) >= 11 is 0. The molecular weight excluding hydrogens is 327 g/mol. The van der Waals surface area contributed by atoms with Gasteiger partial charge in [0.15, 0.2) is 9.84 Å². The van der Waals surface area contributed by atoms with Crippen LogP contribution in [-0.2, 0) is 19.7 Å². The van der Waals surface area contributed by atoms with Gasteiger partial charge in [0.25, 0.3) is 0 Å². The minimum Gasteiger partial charge on any atom is -0.257 e. The summed E-state index contributed by atoms with van der Waals surface area (Å²) in [5.74, 6) is 1.01. The van der Waals surface area contributed by atoms with E-state index >= 15 is 0 Å². The van der Waals surface area contributed by atoms with Gasteiger partial charge in [-0.15, -0.1) is 0 Å². The van der Waals surface area contributed by atoms with E-state index in [0.717, 1.165) is 5.75 Å². The van der Waals surface area contributed by atoms with Crippen LogP contribution in [0.3, 0.4) is 0 Å². The quantitative estimate of drug-likeness (QED) is 0.549. The Kier molecular flexibility index (Phi) is 5.12. The van der Waals surface area contributed by atoms with Gasteiger partial charge in [0.2, 0.25) is 0 Å². The summed E-state index contributed by atoms with van der Waals surface area (Å²) in [5.41, 5.74) is 0. The van der Waals surface area contributed by atoms with Gasteiger partial charge in [-0.05, 0) is 29.0 Å². The fraction of sp³-hybridized carbons (Fsp3) is 0.188. The third kappa shape index (κ3) is 3.41. The van der Waals surface area contributed by atoms with Crippen molar-refractivity contribution in [3.05, 3.63) is 66.4 Å². The fourth-order valence-corrected chi connectivity index (χ4v) is 6.35. The van der Waals surface area contributed by atoms with Gasteiger partial charge in [-0.3, -0.25) is 8.42 Å². The molecule has 116 valence electrons. The van der Waals surface area contributed by atoms with E-state index in [-0.39, 0.29) is 28.7 Å². The molecule has 0 atom stereocenters. The number of hydrogen-bond acceptors (Lipinski definition) is 4. The molecule has 0 aromatic heterocycles. The van der Waals surface area contributed by atoms with Gasteiger partial charge in [-0.2, -0.15) is 5.75 Å². The Bertz CT molecular complexity index is 872. The molecule has 2 aromatic rings. The molecule has 0 aliphatic heterocycles. The van der Waals surface area contributed by atoms with Gasteiger partial charge >= 0.3 is 18.9 Å². The minimum atomic E-state index is -3.75. The van der Waals surface area contributed by atoms with E-state index in [9.17, 15) is 16.8 Å². The zero-order chi connectivity index (χ0) is 15.8. The van der Waals surface area contributed by atoms with Gasteiger partial charge in [0.05, 0.1) is 14.7 Å². The Morgan fingerprint density at radius 3 is 1.61 bits per heavy atom. The van der Waals surface area contributed by atoms with Crippen molar-refractivity contribution >= 4 is 19.7 Å². The van der Waals surface area contributed by atoms with Gasteiger partial charge in [0.1, 0.15) is 0 Å². The van der Waals surface area contributed by atoms with Crippen LogP contribution in [0.4, 0.5) is 0 Å². The maximum atomic E-state index is 12.7. The van der Waals surface area contributed by atoms with Crippen LogP contribution in [0.1, 0.15) is 12.8 Å². The molecule has 1 saturated carbocycles. The van der Waals surface area contributed by atoms with E-state index in [2.05, 4.69) is 0 Å².